The first kappa shape index (κ1) is 65.0. The third kappa shape index (κ3) is 21.2. The van der Waals surface area contributed by atoms with Crippen LogP contribution < -0.4 is 76.1 Å². The number of hydrogen-bond acceptors (Lipinski definition) is 16. The Hall–Kier alpha value is -6.32. The van der Waals surface area contributed by atoms with E-state index in [1.807, 2.05) is 0 Å². The molecule has 5 unspecified atom stereocenters. The number of amides is 10. The largest absolute Gasteiger partial charge is 0.391 e. The maximum Gasteiger partial charge on any atom is 0.245 e. The Morgan fingerprint density at radius 3 is 1.58 bits per heavy atom. The van der Waals surface area contributed by atoms with Crippen LogP contribution in [0.5, 0.6) is 0 Å². The molecule has 77 heavy (non-hydrogen) atoms. The molecule has 0 radical (unpaired) electrons. The summed E-state index contributed by atoms with van der Waals surface area (Å²) in [7, 11) is 0. The van der Waals surface area contributed by atoms with Crippen LogP contribution in [-0.2, 0) is 54.4 Å². The van der Waals surface area contributed by atoms with E-state index in [1.54, 1.807) is 51.1 Å². The Balaban J connectivity index is 2.07. The van der Waals surface area contributed by atoms with Crippen molar-refractivity contribution in [3.63, 3.8) is 0 Å². The van der Waals surface area contributed by atoms with Crippen LogP contribution in [-0.4, -0.2) is 169 Å². The van der Waals surface area contributed by atoms with E-state index < -0.39 is 151 Å². The minimum Gasteiger partial charge on any atom is -0.391 e. The van der Waals surface area contributed by atoms with Crippen molar-refractivity contribution >= 4 is 59.1 Å². The second-order valence-electron chi connectivity index (χ2n) is 20.4. The third-order valence-corrected chi connectivity index (χ3v) is 13.7. The van der Waals surface area contributed by atoms with Gasteiger partial charge in [0.05, 0.1) is 12.2 Å². The van der Waals surface area contributed by atoms with Crippen LogP contribution in [0.1, 0.15) is 104 Å². The second kappa shape index (κ2) is 33.1. The zero-order chi connectivity index (χ0) is 57.4. The molecule has 20 N–H and O–H groups in total. The maximum atomic E-state index is 14.4. The van der Waals surface area contributed by atoms with Gasteiger partial charge in [-0.2, -0.15) is 0 Å². The minimum atomic E-state index is -1.66. The van der Waals surface area contributed by atoms with Crippen LogP contribution in [0.15, 0.2) is 30.3 Å². The molecule has 26 nitrogen and oxygen atoms in total. The summed E-state index contributed by atoms with van der Waals surface area (Å²) in [6.45, 7) is 6.47. The predicted molar refractivity (Wildman–Crippen MR) is 284 cm³/mol. The van der Waals surface area contributed by atoms with Crippen LogP contribution in [0.3, 0.4) is 0 Å². The number of carbonyl (C=O) groups excluding carboxylic acids is 10. The van der Waals surface area contributed by atoms with Gasteiger partial charge in [0.2, 0.25) is 59.1 Å². The molecule has 1 aromatic carbocycles. The minimum absolute atomic E-state index is 0.0621. The van der Waals surface area contributed by atoms with Crippen LogP contribution in [0.2, 0.25) is 0 Å². The molecule has 10 amide bonds. The summed E-state index contributed by atoms with van der Waals surface area (Å²) in [5.74, 6) is -9.26. The highest BCUT2D eigenvalue weighted by molar-refractivity contribution is 5.99. The van der Waals surface area contributed by atoms with Gasteiger partial charge in [0.25, 0.3) is 0 Å². The number of nitrogens with one attached hydrogen (secondary N) is 10. The lowest BCUT2D eigenvalue weighted by Gasteiger charge is -2.30. The molecule has 1 saturated carbocycles. The lowest BCUT2D eigenvalue weighted by Crippen LogP contribution is -2.62. The number of aliphatic hydroxyl groups is 2. The number of carbonyl (C=O) groups is 10. The fraction of sp³-hybridized carbons (Fsp3) is 0.686. The van der Waals surface area contributed by atoms with Crippen molar-refractivity contribution in [3.8, 4) is 0 Å². The first-order valence-electron chi connectivity index (χ1n) is 26.8. The summed E-state index contributed by atoms with van der Waals surface area (Å²) in [5.41, 5.74) is 24.2. The zero-order valence-corrected chi connectivity index (χ0v) is 45.1. The van der Waals surface area contributed by atoms with Crippen molar-refractivity contribution in [2.45, 2.75) is 172 Å². The molecule has 0 spiro atoms. The molecule has 1 aliphatic heterocycles. The van der Waals surface area contributed by atoms with Crippen molar-refractivity contribution in [1.82, 2.24) is 53.2 Å². The lowest BCUT2D eigenvalue weighted by molar-refractivity contribution is -0.137. The number of rotatable bonds is 20. The topological polar surface area (TPSA) is 436 Å². The first-order valence-corrected chi connectivity index (χ1v) is 26.8. The fourth-order valence-corrected chi connectivity index (χ4v) is 9.11. The van der Waals surface area contributed by atoms with Gasteiger partial charge in [0, 0.05) is 25.4 Å². The van der Waals surface area contributed by atoms with Crippen molar-refractivity contribution in [2.75, 3.05) is 32.7 Å². The van der Waals surface area contributed by atoms with Crippen molar-refractivity contribution in [2.24, 2.45) is 40.7 Å². The van der Waals surface area contributed by atoms with Gasteiger partial charge in [-0.1, -0.05) is 70.4 Å². The van der Waals surface area contributed by atoms with E-state index in [0.29, 0.717) is 5.56 Å². The highest BCUT2D eigenvalue weighted by atomic mass is 16.3. The molecular weight excluding hydrogens is 1000 g/mol. The molecule has 12 atom stereocenters. The summed E-state index contributed by atoms with van der Waals surface area (Å²) in [6.07, 6.45) is 0.771. The summed E-state index contributed by atoms with van der Waals surface area (Å²) in [5, 5.41) is 46.9. The Bertz CT molecular complexity index is 2130. The third-order valence-electron chi connectivity index (χ3n) is 13.7. The first-order chi connectivity index (χ1) is 36.5. The molecule has 0 bridgehead atoms. The highest BCUT2D eigenvalue weighted by Crippen LogP contribution is 2.30. The van der Waals surface area contributed by atoms with Crippen molar-refractivity contribution in [3.05, 3.63) is 35.9 Å². The molecule has 1 aromatic rings. The van der Waals surface area contributed by atoms with Gasteiger partial charge in [0.1, 0.15) is 54.4 Å². The Morgan fingerprint density at radius 2 is 1.08 bits per heavy atom. The molecule has 1 saturated heterocycles. The molecular formula is C51H86N14O12. The average molecular weight is 1090 g/mol. The second-order valence-corrected chi connectivity index (χ2v) is 20.4. The van der Waals surface area contributed by atoms with Crippen molar-refractivity contribution < 1.29 is 58.2 Å². The molecule has 1 heterocycles. The average Bonchev–Trinajstić information content (AvgIpc) is 3.39. The van der Waals surface area contributed by atoms with Gasteiger partial charge in [-0.05, 0) is 95.8 Å². The molecule has 2 fully saturated rings. The number of benzene rings is 1. The summed E-state index contributed by atoms with van der Waals surface area (Å²) in [4.78, 5) is 139. The monoisotopic (exact) mass is 1090 g/mol. The molecule has 2 aliphatic rings. The van der Waals surface area contributed by atoms with E-state index in [2.05, 4.69) is 53.2 Å². The maximum absolute atomic E-state index is 14.4. The van der Waals surface area contributed by atoms with Gasteiger partial charge in [-0.25, -0.2) is 0 Å². The SMILES string of the molecule is CC(C)C[C@@H]1NC(=O)[C@@H](Cc2ccccc2)NC(=O)[C@H](CCN)NC(=O)[C@@H](NC(=O)[C@H](CN)NC(=O)C(NC(=O)C(C)C2CCCCC2)C(C)O)CCNC(=O)C(C(C)O)NC(=O)[C@H](CCN)NC(=O)[C@H](CCN)NC1=O. The van der Waals surface area contributed by atoms with E-state index in [4.69, 9.17) is 22.9 Å². The number of aliphatic hydroxyl groups excluding tert-OH is 2. The summed E-state index contributed by atoms with van der Waals surface area (Å²) in [6, 6.07) is -4.61. The molecule has 3 rings (SSSR count). The van der Waals surface area contributed by atoms with E-state index in [9.17, 15) is 58.2 Å². The normalized spacial score (nSPS) is 25.1. The molecule has 26 heteroatoms. The van der Waals surface area contributed by atoms with Crippen LogP contribution >= 0.6 is 0 Å². The Kier molecular flexibility index (Phi) is 27.9. The Labute approximate surface area is 450 Å². The van der Waals surface area contributed by atoms with Crippen LogP contribution in [0.4, 0.5) is 0 Å². The van der Waals surface area contributed by atoms with Crippen LogP contribution in [0.25, 0.3) is 0 Å². The van der Waals surface area contributed by atoms with Gasteiger partial charge in [-0.15, -0.1) is 0 Å². The van der Waals surface area contributed by atoms with E-state index in [0.717, 1.165) is 32.1 Å². The van der Waals surface area contributed by atoms with Crippen LogP contribution in [0, 0.1) is 17.8 Å². The highest BCUT2D eigenvalue weighted by Gasteiger charge is 2.38. The van der Waals surface area contributed by atoms with E-state index >= 15 is 0 Å². The zero-order valence-electron chi connectivity index (χ0n) is 45.1. The molecule has 0 aromatic heterocycles. The smallest absolute Gasteiger partial charge is 0.245 e. The summed E-state index contributed by atoms with van der Waals surface area (Å²) < 4.78 is 0. The van der Waals surface area contributed by atoms with Gasteiger partial charge in [0.15, 0.2) is 0 Å². The number of nitrogens with two attached hydrogens (primary N) is 4. The summed E-state index contributed by atoms with van der Waals surface area (Å²) >= 11 is 0. The van der Waals surface area contributed by atoms with E-state index in [1.165, 1.54) is 13.8 Å². The quantitative estimate of drug-likeness (QED) is 0.0582. The predicted octanol–water partition coefficient (Wildman–Crippen LogP) is -4.86. The molecule has 1 aliphatic carbocycles. The Morgan fingerprint density at radius 1 is 0.584 bits per heavy atom. The van der Waals surface area contributed by atoms with Gasteiger partial charge in [-0.3, -0.25) is 47.9 Å². The van der Waals surface area contributed by atoms with Crippen molar-refractivity contribution in [1.29, 1.82) is 0 Å². The molecule has 432 valence electrons. The lowest BCUT2D eigenvalue weighted by atomic mass is 9.80. The van der Waals surface area contributed by atoms with Gasteiger partial charge < -0.3 is 86.3 Å². The van der Waals surface area contributed by atoms with Gasteiger partial charge >= 0.3 is 0 Å². The number of hydrogen-bond donors (Lipinski definition) is 16. The fourth-order valence-electron chi connectivity index (χ4n) is 9.11. The van der Waals surface area contributed by atoms with E-state index in [-0.39, 0.29) is 63.6 Å². The standard InChI is InChI=1S/C51H86N14O12/c1-27(2)24-37-47(73)59-33(16-20-52)43(69)58-35(18-22-54)46(72)65-40(29(4)66)50(76)56-23-19-36(45(71)57-34(17-21-53)44(70)62-38(48(74)61-37)25-31-12-8-6-9-13-31)60-49(75)39(26-55)63-51(77)41(30(5)67)64-42(68)28(3)32-14-10-7-11-15-32/h6,8-9,12-13,27-30,32-41,66-67H,7,10-11,14-26,52-55H2,1-5H3,(H,56,76)(H,57,71)(H,58,69)(H,59,73)(H,60,75)(H,61,74)(H,62,70)(H,63,77)(H,64,68)(H,65,72)/t28?,29?,30?,33-,34-,35-,36-,37-,38+,39-,40?,41?/m0/s1.